The summed E-state index contributed by atoms with van der Waals surface area (Å²) in [4.78, 5) is 13.8. The zero-order valence-corrected chi connectivity index (χ0v) is 11.5. The first kappa shape index (κ1) is 14.5. The smallest absolute Gasteiger partial charge is 0.244 e. The first-order valence-electron chi connectivity index (χ1n) is 6.18. The number of hydrogen-bond acceptors (Lipinski definition) is 3. The summed E-state index contributed by atoms with van der Waals surface area (Å²) in [5.74, 6) is 0.0550. The quantitative estimate of drug-likeness (QED) is 0.838. The highest BCUT2D eigenvalue weighted by Crippen LogP contribution is 2.12. The molecule has 0 radical (unpaired) electrons. The van der Waals surface area contributed by atoms with Gasteiger partial charge in [-0.15, -0.1) is 0 Å². The van der Waals surface area contributed by atoms with E-state index in [4.69, 9.17) is 5.11 Å². The lowest BCUT2D eigenvalue weighted by atomic mass is 10.2. The van der Waals surface area contributed by atoms with Crippen molar-refractivity contribution in [3.63, 3.8) is 0 Å². The molecule has 1 amide bonds. The number of amides is 1. The van der Waals surface area contributed by atoms with Crippen molar-refractivity contribution in [2.24, 2.45) is 0 Å². The number of carbonyl (C=O) groups is 1. The number of likely N-dealkylation sites (N-methyl/N-ethyl adjacent to an activating group) is 1. The molecule has 4 nitrogen and oxygen atoms in total. The van der Waals surface area contributed by atoms with Crippen LogP contribution in [0.5, 0.6) is 0 Å². The van der Waals surface area contributed by atoms with E-state index in [-0.39, 0.29) is 24.6 Å². The molecule has 1 rings (SSSR count). The molecule has 2 N–H and O–H groups in total. The van der Waals surface area contributed by atoms with Crippen LogP contribution >= 0.6 is 0 Å². The lowest BCUT2D eigenvalue weighted by Gasteiger charge is -2.26. The minimum Gasteiger partial charge on any atom is -0.392 e. The molecule has 0 aliphatic carbocycles. The van der Waals surface area contributed by atoms with Gasteiger partial charge in [0.25, 0.3) is 0 Å². The van der Waals surface area contributed by atoms with E-state index in [0.29, 0.717) is 0 Å². The maximum Gasteiger partial charge on any atom is 0.244 e. The molecule has 0 aliphatic heterocycles. The van der Waals surface area contributed by atoms with E-state index in [1.807, 2.05) is 45.0 Å². The molecule has 0 aromatic heterocycles. The molecule has 1 aromatic rings. The SMILES string of the molecule is CC(Nc1cccc(CO)c1)C(=O)N(C)C(C)C. The predicted octanol–water partition coefficient (Wildman–Crippen LogP) is 1.85. The van der Waals surface area contributed by atoms with E-state index in [9.17, 15) is 4.79 Å². The van der Waals surface area contributed by atoms with Crippen LogP contribution in [-0.2, 0) is 11.4 Å². The van der Waals surface area contributed by atoms with E-state index in [1.165, 1.54) is 0 Å². The lowest BCUT2D eigenvalue weighted by Crippen LogP contribution is -2.42. The topological polar surface area (TPSA) is 52.6 Å². The van der Waals surface area contributed by atoms with E-state index in [2.05, 4.69) is 5.32 Å². The van der Waals surface area contributed by atoms with Crippen molar-refractivity contribution in [2.75, 3.05) is 12.4 Å². The van der Waals surface area contributed by atoms with Crippen LogP contribution < -0.4 is 5.32 Å². The first-order chi connectivity index (χ1) is 8.45. The van der Waals surface area contributed by atoms with Gasteiger partial charge in [-0.3, -0.25) is 4.79 Å². The number of hydrogen-bond donors (Lipinski definition) is 2. The molecule has 0 bridgehead atoms. The Morgan fingerprint density at radius 1 is 1.39 bits per heavy atom. The highest BCUT2D eigenvalue weighted by Gasteiger charge is 2.19. The molecule has 0 fully saturated rings. The summed E-state index contributed by atoms with van der Waals surface area (Å²) >= 11 is 0. The third kappa shape index (κ3) is 3.74. The number of benzene rings is 1. The van der Waals surface area contributed by atoms with E-state index in [1.54, 1.807) is 11.9 Å². The molecule has 100 valence electrons. The van der Waals surface area contributed by atoms with Crippen molar-refractivity contribution in [3.8, 4) is 0 Å². The molecule has 1 unspecified atom stereocenters. The predicted molar refractivity (Wildman–Crippen MR) is 73.4 cm³/mol. The molecule has 0 saturated heterocycles. The summed E-state index contributed by atoms with van der Waals surface area (Å²) in [6, 6.07) is 7.34. The Balaban J connectivity index is 2.69. The molecule has 1 aromatic carbocycles. The number of anilines is 1. The standard InChI is InChI=1S/C14H22N2O2/c1-10(2)16(4)14(18)11(3)15-13-7-5-6-12(8-13)9-17/h5-8,10-11,15,17H,9H2,1-4H3. The third-order valence-corrected chi connectivity index (χ3v) is 2.99. The normalized spacial score (nSPS) is 12.3. The number of nitrogens with one attached hydrogen (secondary N) is 1. The van der Waals surface area contributed by atoms with Crippen molar-refractivity contribution < 1.29 is 9.90 Å². The average molecular weight is 250 g/mol. The van der Waals surface area contributed by atoms with Gasteiger partial charge >= 0.3 is 0 Å². The van der Waals surface area contributed by atoms with Crippen molar-refractivity contribution in [2.45, 2.75) is 39.5 Å². The second-order valence-corrected chi connectivity index (χ2v) is 4.77. The highest BCUT2D eigenvalue weighted by atomic mass is 16.3. The van der Waals surface area contributed by atoms with Gasteiger partial charge in [-0.05, 0) is 38.5 Å². The Morgan fingerprint density at radius 2 is 2.06 bits per heavy atom. The minimum atomic E-state index is -0.286. The van der Waals surface area contributed by atoms with Gasteiger partial charge in [0.05, 0.1) is 6.61 Å². The Kier molecular flexibility index (Phi) is 5.16. The number of rotatable bonds is 5. The minimum absolute atomic E-state index is 0.00371. The van der Waals surface area contributed by atoms with Gasteiger partial charge in [-0.1, -0.05) is 12.1 Å². The van der Waals surface area contributed by atoms with Crippen LogP contribution in [0.1, 0.15) is 26.3 Å². The third-order valence-electron chi connectivity index (χ3n) is 2.99. The molecular weight excluding hydrogens is 228 g/mol. The second kappa shape index (κ2) is 6.40. The maximum absolute atomic E-state index is 12.1. The van der Waals surface area contributed by atoms with Crippen LogP contribution in [0.25, 0.3) is 0 Å². The molecular formula is C14H22N2O2. The van der Waals surface area contributed by atoms with Crippen molar-refractivity contribution in [1.82, 2.24) is 4.90 Å². The summed E-state index contributed by atoms with van der Waals surface area (Å²) in [6.45, 7) is 5.81. The van der Waals surface area contributed by atoms with Gasteiger partial charge in [-0.25, -0.2) is 0 Å². The van der Waals surface area contributed by atoms with Crippen LogP contribution in [0.4, 0.5) is 5.69 Å². The van der Waals surface area contributed by atoms with Crippen molar-refractivity contribution >= 4 is 11.6 Å². The van der Waals surface area contributed by atoms with Gasteiger partial charge in [0.15, 0.2) is 0 Å². The summed E-state index contributed by atoms with van der Waals surface area (Å²) < 4.78 is 0. The fourth-order valence-corrected chi connectivity index (χ4v) is 1.63. The van der Waals surface area contributed by atoms with E-state index in [0.717, 1.165) is 11.3 Å². The van der Waals surface area contributed by atoms with Crippen LogP contribution in [0, 0.1) is 0 Å². The zero-order chi connectivity index (χ0) is 13.7. The molecule has 0 spiro atoms. The largest absolute Gasteiger partial charge is 0.392 e. The number of aliphatic hydroxyl groups excluding tert-OH is 1. The molecule has 0 heterocycles. The first-order valence-corrected chi connectivity index (χ1v) is 6.18. The van der Waals surface area contributed by atoms with Crippen molar-refractivity contribution in [3.05, 3.63) is 29.8 Å². The van der Waals surface area contributed by atoms with Crippen LogP contribution in [0.3, 0.4) is 0 Å². The van der Waals surface area contributed by atoms with Crippen LogP contribution in [-0.4, -0.2) is 35.0 Å². The average Bonchev–Trinajstić information content (AvgIpc) is 2.36. The van der Waals surface area contributed by atoms with Gasteiger partial charge in [-0.2, -0.15) is 0 Å². The van der Waals surface area contributed by atoms with Gasteiger partial charge in [0.1, 0.15) is 6.04 Å². The van der Waals surface area contributed by atoms with Crippen molar-refractivity contribution in [1.29, 1.82) is 0 Å². The summed E-state index contributed by atoms with van der Waals surface area (Å²) in [5, 5.41) is 12.2. The Hall–Kier alpha value is -1.55. The molecule has 1 atom stereocenters. The second-order valence-electron chi connectivity index (χ2n) is 4.77. The summed E-state index contributed by atoms with van der Waals surface area (Å²) in [6.07, 6.45) is 0. The van der Waals surface area contributed by atoms with Gasteiger partial charge < -0.3 is 15.3 Å². The number of nitrogens with zero attached hydrogens (tertiary/aromatic N) is 1. The highest BCUT2D eigenvalue weighted by molar-refractivity contribution is 5.84. The molecule has 4 heteroatoms. The Morgan fingerprint density at radius 3 is 2.61 bits per heavy atom. The maximum atomic E-state index is 12.1. The Labute approximate surface area is 109 Å². The summed E-state index contributed by atoms with van der Waals surface area (Å²) in [7, 11) is 1.80. The van der Waals surface area contributed by atoms with Crippen LogP contribution in [0.15, 0.2) is 24.3 Å². The lowest BCUT2D eigenvalue weighted by molar-refractivity contribution is -0.131. The Bertz CT molecular complexity index is 405. The molecule has 18 heavy (non-hydrogen) atoms. The number of aliphatic hydroxyl groups is 1. The van der Waals surface area contributed by atoms with Crippen LogP contribution in [0.2, 0.25) is 0 Å². The zero-order valence-electron chi connectivity index (χ0n) is 11.5. The fraction of sp³-hybridized carbons (Fsp3) is 0.500. The molecule has 0 saturated carbocycles. The van der Waals surface area contributed by atoms with Gasteiger partial charge in [0, 0.05) is 18.8 Å². The van der Waals surface area contributed by atoms with Gasteiger partial charge in [0.2, 0.25) is 5.91 Å². The summed E-state index contributed by atoms with van der Waals surface area (Å²) in [5.41, 5.74) is 1.68. The monoisotopic (exact) mass is 250 g/mol. The fourth-order valence-electron chi connectivity index (χ4n) is 1.63. The number of carbonyl (C=O) groups excluding carboxylic acids is 1. The molecule has 0 aliphatic rings. The van der Waals surface area contributed by atoms with E-state index >= 15 is 0 Å². The van der Waals surface area contributed by atoms with E-state index < -0.39 is 0 Å².